The normalized spacial score (nSPS) is 12.7. The molecule has 1 aromatic heterocycles. The van der Waals surface area contributed by atoms with Crippen LogP contribution in [0.2, 0.25) is 0 Å². The van der Waals surface area contributed by atoms with Gasteiger partial charge >= 0.3 is 6.18 Å². The minimum absolute atomic E-state index is 0.148. The van der Waals surface area contributed by atoms with Gasteiger partial charge in [-0.25, -0.2) is 9.97 Å². The van der Waals surface area contributed by atoms with E-state index in [4.69, 9.17) is 5.73 Å². The van der Waals surface area contributed by atoms with Crippen molar-refractivity contribution in [2.24, 2.45) is 0 Å². The number of alkyl halides is 3. The summed E-state index contributed by atoms with van der Waals surface area (Å²) in [5.74, 6) is -1.13. The number of nitrogens with two attached hydrogens (primary N) is 1. The van der Waals surface area contributed by atoms with Crippen LogP contribution in [0.15, 0.2) is 67.0 Å². The van der Waals surface area contributed by atoms with E-state index in [1.165, 1.54) is 42.7 Å². The first kappa shape index (κ1) is 20.7. The first-order chi connectivity index (χ1) is 14.7. The summed E-state index contributed by atoms with van der Waals surface area (Å²) in [4.78, 5) is 8.62. The molecule has 0 saturated carbocycles. The smallest absolute Gasteiger partial charge is 0.399 e. The van der Waals surface area contributed by atoms with E-state index in [-0.39, 0.29) is 11.1 Å². The van der Waals surface area contributed by atoms with E-state index in [1.54, 1.807) is 12.1 Å². The molecule has 0 bridgehead atoms. The molecule has 158 valence electrons. The number of rotatable bonds is 4. The lowest BCUT2D eigenvalue weighted by Crippen LogP contribution is -2.22. The van der Waals surface area contributed by atoms with Crippen molar-refractivity contribution in [3.63, 3.8) is 0 Å². The maximum Gasteiger partial charge on any atom is 0.399 e. The molecule has 7 heteroatoms. The van der Waals surface area contributed by atoms with Gasteiger partial charge in [-0.05, 0) is 72.5 Å². The molecule has 0 fully saturated rings. The molecule has 0 radical (unpaired) electrons. The van der Waals surface area contributed by atoms with Gasteiger partial charge in [0.2, 0.25) is 0 Å². The average molecular weight is 422 g/mol. The number of anilines is 3. The third-order valence-corrected chi connectivity index (χ3v) is 5.35. The Balaban J connectivity index is 1.66. The van der Waals surface area contributed by atoms with Gasteiger partial charge in [-0.3, -0.25) is 0 Å². The highest BCUT2D eigenvalue weighted by Crippen LogP contribution is 2.40. The highest BCUT2D eigenvalue weighted by molar-refractivity contribution is 5.91. The second kappa shape index (κ2) is 7.91. The van der Waals surface area contributed by atoms with Crippen LogP contribution >= 0.6 is 0 Å². The predicted molar refractivity (Wildman–Crippen MR) is 117 cm³/mol. The monoisotopic (exact) mass is 422 g/mol. The maximum atomic E-state index is 13.8. The quantitative estimate of drug-likeness (QED) is 0.381. The fourth-order valence-corrected chi connectivity index (χ4v) is 3.57. The summed E-state index contributed by atoms with van der Waals surface area (Å²) in [6.07, 6.45) is -2.96. The third-order valence-electron chi connectivity index (χ3n) is 5.35. The lowest BCUT2D eigenvalue weighted by atomic mass is 9.90. The number of nitrogen functional groups attached to an aromatic ring is 1. The SMILES string of the molecule is Cc1cc2ncnc(Nc3ccc(C(c4ccc(N)cc4)C(F)(F)F)cc3)c2cc1C. The van der Waals surface area contributed by atoms with Crippen LogP contribution < -0.4 is 11.1 Å². The second-order valence-electron chi connectivity index (χ2n) is 7.56. The van der Waals surface area contributed by atoms with E-state index in [1.807, 2.05) is 26.0 Å². The van der Waals surface area contributed by atoms with Crippen LogP contribution in [0.25, 0.3) is 10.9 Å². The molecule has 0 amide bonds. The largest absolute Gasteiger partial charge is 0.399 e. The summed E-state index contributed by atoms with van der Waals surface area (Å²) in [5.41, 5.74) is 10.0. The molecule has 1 atom stereocenters. The fraction of sp³-hybridized carbons (Fsp3) is 0.167. The first-order valence-electron chi connectivity index (χ1n) is 9.73. The van der Waals surface area contributed by atoms with Crippen LogP contribution in [-0.4, -0.2) is 16.1 Å². The lowest BCUT2D eigenvalue weighted by molar-refractivity contribution is -0.141. The molecular formula is C24H21F3N4. The van der Waals surface area contributed by atoms with E-state index in [0.29, 0.717) is 17.2 Å². The van der Waals surface area contributed by atoms with Crippen LogP contribution in [0.3, 0.4) is 0 Å². The zero-order valence-electron chi connectivity index (χ0n) is 17.0. The topological polar surface area (TPSA) is 63.8 Å². The van der Waals surface area contributed by atoms with E-state index in [2.05, 4.69) is 15.3 Å². The molecule has 1 heterocycles. The molecule has 4 aromatic rings. The number of hydrogen-bond acceptors (Lipinski definition) is 4. The first-order valence-corrected chi connectivity index (χ1v) is 9.73. The van der Waals surface area contributed by atoms with Crippen LogP contribution in [0.5, 0.6) is 0 Å². The highest BCUT2D eigenvalue weighted by Gasteiger charge is 2.41. The van der Waals surface area contributed by atoms with Crippen molar-refractivity contribution in [2.75, 3.05) is 11.1 Å². The average Bonchev–Trinajstić information content (AvgIpc) is 2.71. The zero-order valence-corrected chi connectivity index (χ0v) is 17.0. The van der Waals surface area contributed by atoms with Gasteiger partial charge < -0.3 is 11.1 Å². The van der Waals surface area contributed by atoms with Crippen molar-refractivity contribution < 1.29 is 13.2 Å². The summed E-state index contributed by atoms with van der Waals surface area (Å²) < 4.78 is 41.5. The number of nitrogens with zero attached hydrogens (tertiary/aromatic N) is 2. The number of halogens is 3. The number of aromatic nitrogens is 2. The second-order valence-corrected chi connectivity index (χ2v) is 7.56. The Labute approximate surface area is 178 Å². The molecule has 1 unspecified atom stereocenters. The highest BCUT2D eigenvalue weighted by atomic mass is 19.4. The van der Waals surface area contributed by atoms with Crippen molar-refractivity contribution in [3.05, 3.63) is 89.2 Å². The van der Waals surface area contributed by atoms with Crippen LogP contribution in [0, 0.1) is 13.8 Å². The fourth-order valence-electron chi connectivity index (χ4n) is 3.57. The van der Waals surface area contributed by atoms with E-state index >= 15 is 0 Å². The summed E-state index contributed by atoms with van der Waals surface area (Å²) in [6, 6.07) is 16.0. The third kappa shape index (κ3) is 4.30. The maximum absolute atomic E-state index is 13.8. The zero-order chi connectivity index (χ0) is 22.2. The van der Waals surface area contributed by atoms with Gasteiger partial charge in [0.1, 0.15) is 18.1 Å². The van der Waals surface area contributed by atoms with Gasteiger partial charge in [0.25, 0.3) is 0 Å². The number of hydrogen-bond donors (Lipinski definition) is 2. The molecule has 0 spiro atoms. The summed E-state index contributed by atoms with van der Waals surface area (Å²) in [7, 11) is 0. The minimum atomic E-state index is -4.43. The number of fused-ring (bicyclic) bond motifs is 1. The number of benzene rings is 3. The van der Waals surface area contributed by atoms with Crippen LogP contribution in [0.4, 0.5) is 30.4 Å². The van der Waals surface area contributed by atoms with E-state index in [9.17, 15) is 13.2 Å². The lowest BCUT2D eigenvalue weighted by Gasteiger charge is -2.22. The van der Waals surface area contributed by atoms with Crippen molar-refractivity contribution >= 4 is 28.1 Å². The number of aryl methyl sites for hydroxylation is 2. The van der Waals surface area contributed by atoms with E-state index < -0.39 is 12.1 Å². The van der Waals surface area contributed by atoms with Gasteiger partial charge in [0.15, 0.2) is 0 Å². The van der Waals surface area contributed by atoms with Crippen molar-refractivity contribution in [2.45, 2.75) is 25.9 Å². The standard InChI is InChI=1S/C24H21F3N4/c1-14-11-20-21(12-15(14)2)29-13-30-23(20)31-19-9-5-17(6-10-19)22(24(25,26)27)16-3-7-18(28)8-4-16/h3-13,22H,28H2,1-2H3,(H,29,30,31). The molecule has 0 aliphatic heterocycles. The van der Waals surface area contributed by atoms with Gasteiger partial charge in [-0.15, -0.1) is 0 Å². The molecule has 4 nitrogen and oxygen atoms in total. The van der Waals surface area contributed by atoms with Gasteiger partial charge in [0, 0.05) is 16.8 Å². The minimum Gasteiger partial charge on any atom is -0.399 e. The Morgan fingerprint density at radius 1 is 0.839 bits per heavy atom. The molecule has 4 rings (SSSR count). The van der Waals surface area contributed by atoms with Crippen molar-refractivity contribution in [1.29, 1.82) is 0 Å². The Morgan fingerprint density at radius 3 is 2.03 bits per heavy atom. The van der Waals surface area contributed by atoms with Crippen molar-refractivity contribution in [1.82, 2.24) is 9.97 Å². The molecule has 3 aromatic carbocycles. The molecular weight excluding hydrogens is 401 g/mol. The molecule has 31 heavy (non-hydrogen) atoms. The van der Waals surface area contributed by atoms with Gasteiger partial charge in [0.05, 0.1) is 5.52 Å². The number of nitrogens with one attached hydrogen (secondary N) is 1. The summed E-state index contributed by atoms with van der Waals surface area (Å²) in [5, 5.41) is 4.05. The predicted octanol–water partition coefficient (Wildman–Crippen LogP) is 6.27. The molecule has 3 N–H and O–H groups in total. The Morgan fingerprint density at radius 2 is 1.42 bits per heavy atom. The van der Waals surface area contributed by atoms with Gasteiger partial charge in [-0.2, -0.15) is 13.2 Å². The summed E-state index contributed by atoms with van der Waals surface area (Å²) >= 11 is 0. The Hall–Kier alpha value is -3.61. The van der Waals surface area contributed by atoms with Crippen LogP contribution in [0.1, 0.15) is 28.2 Å². The van der Waals surface area contributed by atoms with E-state index in [0.717, 1.165) is 22.0 Å². The van der Waals surface area contributed by atoms with Crippen LogP contribution in [-0.2, 0) is 0 Å². The summed E-state index contributed by atoms with van der Waals surface area (Å²) in [6.45, 7) is 4.02. The molecule has 0 aliphatic rings. The molecule has 0 aliphatic carbocycles. The molecule has 0 saturated heterocycles. The Bertz CT molecular complexity index is 1220. The van der Waals surface area contributed by atoms with Gasteiger partial charge in [-0.1, -0.05) is 24.3 Å². The van der Waals surface area contributed by atoms with Crippen molar-refractivity contribution in [3.8, 4) is 0 Å². The Kier molecular flexibility index (Phi) is 5.27.